The smallest absolute Gasteiger partial charge is 0.167 e. The molecule has 0 bridgehead atoms. The molecule has 17 aromatic carbocycles. The van der Waals surface area contributed by atoms with Gasteiger partial charge in [0.1, 0.15) is 11.6 Å². The summed E-state index contributed by atoms with van der Waals surface area (Å²) < 4.78 is 193. The van der Waals surface area contributed by atoms with Crippen molar-refractivity contribution >= 4 is 23.2 Å². The second-order valence-corrected chi connectivity index (χ2v) is 39.2. The highest BCUT2D eigenvalue weighted by atomic mass is 35.5. The highest BCUT2D eigenvalue weighted by molar-refractivity contribution is 6.33. The third-order valence-electron chi connectivity index (χ3n) is 27.0. The molecular weight excluding hydrogens is 1900 g/mol. The van der Waals surface area contributed by atoms with Gasteiger partial charge in [0.2, 0.25) is 0 Å². The molecule has 146 heavy (non-hydrogen) atoms. The lowest BCUT2D eigenvalue weighted by Crippen LogP contribution is -2.10. The van der Waals surface area contributed by atoms with Crippen molar-refractivity contribution in [3.05, 3.63) is 496 Å². The van der Waals surface area contributed by atoms with Crippen LogP contribution in [0.1, 0.15) is 169 Å². The van der Waals surface area contributed by atoms with Crippen molar-refractivity contribution in [2.75, 3.05) is 0 Å². The maximum Gasteiger partial charge on any atom is 0.167 e. The van der Waals surface area contributed by atoms with Crippen LogP contribution in [-0.4, -0.2) is 0 Å². The van der Waals surface area contributed by atoms with E-state index in [1.807, 2.05) is 194 Å². The van der Waals surface area contributed by atoms with Gasteiger partial charge >= 0.3 is 0 Å². The van der Waals surface area contributed by atoms with E-state index >= 15 is 0 Å². The Morgan fingerprint density at radius 1 is 0.158 bits per heavy atom. The maximum absolute atomic E-state index is 14.4. The lowest BCUT2D eigenvalue weighted by Gasteiger charge is -2.26. The molecule has 0 spiro atoms. The van der Waals surface area contributed by atoms with Gasteiger partial charge in [0.15, 0.2) is 69.8 Å². The fourth-order valence-corrected chi connectivity index (χ4v) is 17.8. The van der Waals surface area contributed by atoms with Gasteiger partial charge in [-0.3, -0.25) is 0 Å². The van der Waals surface area contributed by atoms with E-state index in [2.05, 4.69) is 38.1 Å². The van der Waals surface area contributed by atoms with E-state index in [9.17, 15) is 61.5 Å². The molecule has 19 rings (SSSR count). The predicted octanol–water partition coefficient (Wildman–Crippen LogP) is 41.1. The summed E-state index contributed by atoms with van der Waals surface area (Å²) in [7, 11) is 0. The highest BCUT2D eigenvalue weighted by Crippen LogP contribution is 2.42. The number of rotatable bonds is 11. The standard InChI is InChI=1S/C20H16F2.2C20H22F2.2C14H12ClF.3C14H12F2.2H2/c1-13-3-7-15(8-4-13)17-11-12-18(20(22)19(17)21)16-9-5-14(2)6-10-16;2*1-13-3-6-15(7-4-13)16-8-10-17(11-9-16)18-12-5-14(2)19(21)20(18)22;1-9-3-6-11(7-4-9)12-8-5-10(2)14(16)13(12)15;4*1-9-3-6-11(7-4-9)12-8-5-10(2)13(15)14(12)16;;/h3-12H,1-2H3;2*5,8-13,15H,3-4,6-7H2,1-2H3;5*3-8H,1-2H3;2*1H. The number of hydrogen-bond acceptors (Lipinski definition) is 0. The molecule has 0 amide bonds. The zero-order valence-electron chi connectivity index (χ0n) is 85.0. The Hall–Kier alpha value is -13.7. The maximum atomic E-state index is 14.4. The Kier molecular flexibility index (Phi) is 39.1. The van der Waals surface area contributed by atoms with Crippen molar-refractivity contribution in [3.63, 3.8) is 0 Å². The minimum absolute atomic E-state index is 0. The van der Waals surface area contributed by atoms with Crippen molar-refractivity contribution in [3.8, 4) is 100 Å². The first-order chi connectivity index (χ1) is 69.6. The molecule has 0 saturated heterocycles. The van der Waals surface area contributed by atoms with Crippen molar-refractivity contribution in [2.24, 2.45) is 11.8 Å². The minimum atomic E-state index is -0.804. The molecule has 0 aromatic heterocycles. The second-order valence-electron chi connectivity index (χ2n) is 38.4. The summed E-state index contributed by atoms with van der Waals surface area (Å²) in [4.78, 5) is 0. The first kappa shape index (κ1) is 111. The molecule has 16 heteroatoms. The first-order valence-electron chi connectivity index (χ1n) is 48.9. The van der Waals surface area contributed by atoms with Crippen LogP contribution in [0.5, 0.6) is 0 Å². The summed E-state index contributed by atoms with van der Waals surface area (Å²) >= 11 is 11.9. The van der Waals surface area contributed by atoms with Crippen molar-refractivity contribution in [2.45, 2.75) is 174 Å². The van der Waals surface area contributed by atoms with Crippen LogP contribution in [0, 0.1) is 190 Å². The number of aryl methyl sites for hydroxylation is 14. The summed E-state index contributed by atoms with van der Waals surface area (Å²) in [5.74, 6) is -7.00. The van der Waals surface area contributed by atoms with Gasteiger partial charge in [-0.1, -0.05) is 417 Å². The zero-order valence-corrected chi connectivity index (χ0v) is 86.5. The molecular formula is C130H124Cl2F14. The SMILES string of the molecule is Cc1ccc(-c2ccc(-c3ccc(C)cc3)c(F)c2F)cc1.Cc1ccc(-c2ccc(C)c(Cl)c2F)cc1.Cc1ccc(-c2ccc(C)c(F)c2Cl)cc1.Cc1ccc(-c2ccc(C)c(F)c2F)cc1.Cc1ccc(-c2ccc(C)c(F)c2F)cc1.Cc1ccc(-c2ccc(C)c(F)c2F)cc1.Cc1ccc(-c2ccc(C3CCC(C)CC3)cc2)c(F)c1F.Cc1ccc(-c2ccc(C3CCC(C)CC3)cc2)c(F)c1F.[HH].[HH]. The second kappa shape index (κ2) is 51.4. The van der Waals surface area contributed by atoms with Gasteiger partial charge in [0.25, 0.3) is 0 Å². The van der Waals surface area contributed by atoms with E-state index in [1.165, 1.54) is 68.1 Å². The Balaban J connectivity index is 0.000000173. The molecule has 0 N–H and O–H groups in total. The molecule has 2 saturated carbocycles. The normalized spacial score (nSPS) is 13.9. The quantitative estimate of drug-likeness (QED) is 0.113. The molecule has 0 heterocycles. The van der Waals surface area contributed by atoms with Gasteiger partial charge in [-0.25, -0.2) is 61.5 Å². The molecule has 756 valence electrons. The third kappa shape index (κ3) is 28.6. The van der Waals surface area contributed by atoms with Crippen LogP contribution in [-0.2, 0) is 0 Å². The monoisotopic (exact) mass is 2020 g/mol. The Morgan fingerprint density at radius 3 is 0.514 bits per heavy atom. The fourth-order valence-electron chi connectivity index (χ4n) is 17.3. The third-order valence-corrected chi connectivity index (χ3v) is 27.8. The van der Waals surface area contributed by atoms with E-state index in [4.69, 9.17) is 23.2 Å². The Bertz CT molecular complexity index is 6540. The molecule has 17 aromatic rings. The summed E-state index contributed by atoms with van der Waals surface area (Å²) in [6.45, 7) is 29.7. The molecule has 0 atom stereocenters. The zero-order chi connectivity index (χ0) is 106. The van der Waals surface area contributed by atoms with E-state index in [0.717, 1.165) is 78.6 Å². The van der Waals surface area contributed by atoms with E-state index in [1.54, 1.807) is 194 Å². The van der Waals surface area contributed by atoms with Crippen LogP contribution >= 0.6 is 23.2 Å². The van der Waals surface area contributed by atoms with Gasteiger partial charge in [-0.2, -0.15) is 0 Å². The van der Waals surface area contributed by atoms with Crippen molar-refractivity contribution in [1.82, 2.24) is 0 Å². The largest absolute Gasteiger partial charge is 0.205 e. The summed E-state index contributed by atoms with van der Waals surface area (Å²) in [6.07, 6.45) is 10.0. The van der Waals surface area contributed by atoms with Crippen LogP contribution in [0.3, 0.4) is 0 Å². The number of hydrogen-bond donors (Lipinski definition) is 0. The molecule has 2 fully saturated rings. The molecule has 0 radical (unpaired) electrons. The van der Waals surface area contributed by atoms with Crippen molar-refractivity contribution < 1.29 is 64.3 Å². The molecule has 0 aliphatic heterocycles. The lowest BCUT2D eigenvalue weighted by molar-refractivity contribution is 0.348. The fraction of sp³-hybridized carbons (Fsp3) is 0.215. The van der Waals surface area contributed by atoms with Gasteiger partial charge in [0.05, 0.1) is 10.0 Å². The van der Waals surface area contributed by atoms with E-state index < -0.39 is 69.8 Å². The average molecular weight is 2020 g/mol. The first-order valence-corrected chi connectivity index (χ1v) is 49.7. The predicted molar refractivity (Wildman–Crippen MR) is 581 cm³/mol. The molecule has 2 aliphatic rings. The Labute approximate surface area is 863 Å². The number of benzene rings is 17. The lowest BCUT2D eigenvalue weighted by atomic mass is 9.79. The summed E-state index contributed by atoms with van der Waals surface area (Å²) in [5, 5.41) is 0.405. The van der Waals surface area contributed by atoms with Crippen molar-refractivity contribution in [1.29, 1.82) is 0 Å². The van der Waals surface area contributed by atoms with Gasteiger partial charge in [0, 0.05) is 52.9 Å². The molecule has 0 unspecified atom stereocenters. The van der Waals surface area contributed by atoms with Crippen LogP contribution in [0.4, 0.5) is 61.5 Å². The van der Waals surface area contributed by atoms with Gasteiger partial charge in [-0.05, 0) is 246 Å². The highest BCUT2D eigenvalue weighted by Gasteiger charge is 2.26. The molecule has 2 aliphatic carbocycles. The van der Waals surface area contributed by atoms with E-state index in [-0.39, 0.29) is 35.7 Å². The summed E-state index contributed by atoms with van der Waals surface area (Å²) in [6, 6.07) is 95.1. The van der Waals surface area contributed by atoms with Crippen LogP contribution in [0.25, 0.3) is 100 Å². The van der Waals surface area contributed by atoms with Gasteiger partial charge in [-0.15, -0.1) is 0 Å². The minimum Gasteiger partial charge on any atom is -0.205 e. The summed E-state index contributed by atoms with van der Waals surface area (Å²) in [5.41, 5.74) is 23.6. The van der Waals surface area contributed by atoms with Crippen LogP contribution in [0.15, 0.2) is 315 Å². The Morgan fingerprint density at radius 2 is 0.308 bits per heavy atom. The number of halogens is 16. The van der Waals surface area contributed by atoms with Crippen LogP contribution < -0.4 is 0 Å². The van der Waals surface area contributed by atoms with Gasteiger partial charge < -0.3 is 0 Å². The average Bonchev–Trinajstić information content (AvgIpc) is 0.786. The van der Waals surface area contributed by atoms with Crippen LogP contribution in [0.2, 0.25) is 10.0 Å². The molecule has 0 nitrogen and oxygen atoms in total. The topological polar surface area (TPSA) is 0 Å². The van der Waals surface area contributed by atoms with E-state index in [0.29, 0.717) is 106 Å².